The Bertz CT molecular complexity index is 535. The van der Waals surface area contributed by atoms with Crippen molar-refractivity contribution < 1.29 is 26.9 Å². The van der Waals surface area contributed by atoms with E-state index in [-0.39, 0.29) is 6.20 Å². The summed E-state index contributed by atoms with van der Waals surface area (Å²) >= 11 is 0. The summed E-state index contributed by atoms with van der Waals surface area (Å²) in [5, 5.41) is 18.9. The van der Waals surface area contributed by atoms with E-state index in [0.717, 1.165) is 6.07 Å². The molecule has 0 aromatic carbocycles. The quantitative estimate of drug-likeness (QED) is 0.468. The van der Waals surface area contributed by atoms with E-state index in [4.69, 9.17) is 5.26 Å². The van der Waals surface area contributed by atoms with Crippen LogP contribution in [0, 0.1) is 21.4 Å². The summed E-state index contributed by atoms with van der Waals surface area (Å²) < 4.78 is 62.3. The number of nitriles is 1. The predicted octanol–water partition coefficient (Wildman–Crippen LogP) is 2.82. The monoisotopic (exact) mass is 267 g/mol. The van der Waals surface area contributed by atoms with Crippen LogP contribution >= 0.6 is 0 Å². The highest BCUT2D eigenvalue weighted by Gasteiger charge is 2.41. The van der Waals surface area contributed by atoms with Crippen LogP contribution in [-0.2, 0) is 6.18 Å². The van der Waals surface area contributed by atoms with Gasteiger partial charge < -0.3 is 10.1 Å². The minimum atomic E-state index is -5.10. The van der Waals surface area contributed by atoms with Gasteiger partial charge in [-0.2, -0.15) is 18.4 Å². The summed E-state index contributed by atoms with van der Waals surface area (Å²) in [7, 11) is 0. The number of nitro groups is 1. The number of hydrogen-bond donors (Lipinski definition) is 0. The SMILES string of the molecule is N#Cc1c(C(F)(F)F)cnc([N+](=O)[O-])c1C(F)F. The summed E-state index contributed by atoms with van der Waals surface area (Å²) in [6.07, 6.45) is -8.73. The first-order valence-electron chi connectivity index (χ1n) is 4.12. The second kappa shape index (κ2) is 4.52. The lowest BCUT2D eigenvalue weighted by atomic mass is 10.0. The lowest BCUT2D eigenvalue weighted by molar-refractivity contribution is -0.391. The molecule has 0 saturated carbocycles. The molecule has 0 N–H and O–H groups in total. The van der Waals surface area contributed by atoms with Gasteiger partial charge in [0, 0.05) is 0 Å². The molecular formula is C8H2F5N3O2. The van der Waals surface area contributed by atoms with Gasteiger partial charge in [-0.05, 0) is 9.91 Å². The Balaban J connectivity index is 3.71. The van der Waals surface area contributed by atoms with Gasteiger partial charge in [0.25, 0.3) is 6.43 Å². The molecular weight excluding hydrogens is 265 g/mol. The van der Waals surface area contributed by atoms with Crippen LogP contribution in [0.2, 0.25) is 0 Å². The van der Waals surface area contributed by atoms with E-state index in [9.17, 15) is 32.1 Å². The van der Waals surface area contributed by atoms with Crippen LogP contribution in [0.3, 0.4) is 0 Å². The molecule has 0 atom stereocenters. The van der Waals surface area contributed by atoms with E-state index in [2.05, 4.69) is 4.98 Å². The molecule has 0 saturated heterocycles. The second-order valence-corrected chi connectivity index (χ2v) is 2.95. The Morgan fingerprint density at radius 1 is 1.44 bits per heavy atom. The number of pyridine rings is 1. The number of halogens is 5. The standard InChI is InChI=1S/C8H2F5N3O2/c9-6(10)5-3(1-14)4(8(11,12)13)2-15-7(5)16(17)18/h2,6H. The van der Waals surface area contributed by atoms with E-state index in [1.165, 1.54) is 0 Å². The van der Waals surface area contributed by atoms with Crippen molar-refractivity contribution in [1.82, 2.24) is 4.98 Å². The van der Waals surface area contributed by atoms with E-state index in [1.54, 1.807) is 0 Å². The van der Waals surface area contributed by atoms with Crippen LogP contribution in [0.15, 0.2) is 6.20 Å². The van der Waals surface area contributed by atoms with Crippen molar-refractivity contribution in [3.8, 4) is 6.07 Å². The zero-order chi connectivity index (χ0) is 14.1. The minimum absolute atomic E-state index is 0.0113. The molecule has 18 heavy (non-hydrogen) atoms. The van der Waals surface area contributed by atoms with Crippen molar-refractivity contribution >= 4 is 5.82 Å². The highest BCUT2D eigenvalue weighted by atomic mass is 19.4. The van der Waals surface area contributed by atoms with Crippen molar-refractivity contribution in [2.75, 3.05) is 0 Å². The topological polar surface area (TPSA) is 79.8 Å². The molecule has 0 spiro atoms. The lowest BCUT2D eigenvalue weighted by Gasteiger charge is -2.10. The van der Waals surface area contributed by atoms with Crippen molar-refractivity contribution in [2.45, 2.75) is 12.6 Å². The fourth-order valence-electron chi connectivity index (χ4n) is 1.20. The first-order valence-corrected chi connectivity index (χ1v) is 4.12. The van der Waals surface area contributed by atoms with Gasteiger partial charge in [0.05, 0.1) is 5.56 Å². The fourth-order valence-corrected chi connectivity index (χ4v) is 1.20. The molecule has 0 amide bonds. The van der Waals surface area contributed by atoms with E-state index < -0.39 is 40.0 Å². The lowest BCUT2D eigenvalue weighted by Crippen LogP contribution is -2.13. The van der Waals surface area contributed by atoms with E-state index >= 15 is 0 Å². The first-order chi connectivity index (χ1) is 8.20. The molecule has 0 aliphatic carbocycles. The van der Waals surface area contributed by atoms with Gasteiger partial charge in [0.15, 0.2) is 6.20 Å². The molecule has 1 aromatic rings. The first kappa shape index (κ1) is 13.8. The van der Waals surface area contributed by atoms with E-state index in [1.807, 2.05) is 0 Å². The number of hydrogen-bond acceptors (Lipinski definition) is 4. The molecule has 0 radical (unpaired) electrons. The van der Waals surface area contributed by atoms with Crippen molar-refractivity contribution in [2.24, 2.45) is 0 Å². The number of alkyl halides is 5. The number of nitrogens with zero attached hydrogens (tertiary/aromatic N) is 3. The Morgan fingerprint density at radius 2 is 2.00 bits per heavy atom. The normalized spacial score (nSPS) is 11.4. The van der Waals surface area contributed by atoms with E-state index in [0.29, 0.717) is 0 Å². The van der Waals surface area contributed by atoms with Gasteiger partial charge in [0.2, 0.25) is 0 Å². The number of rotatable bonds is 2. The predicted molar refractivity (Wildman–Crippen MR) is 45.6 cm³/mol. The molecule has 1 aromatic heterocycles. The molecule has 5 nitrogen and oxygen atoms in total. The van der Waals surface area contributed by atoms with Crippen LogP contribution in [0.5, 0.6) is 0 Å². The molecule has 0 aliphatic heterocycles. The summed E-state index contributed by atoms with van der Waals surface area (Å²) in [6.45, 7) is 0. The smallest absolute Gasteiger partial charge is 0.358 e. The summed E-state index contributed by atoms with van der Waals surface area (Å²) in [6, 6.07) is 0.903. The summed E-state index contributed by atoms with van der Waals surface area (Å²) in [5.74, 6) is -1.46. The second-order valence-electron chi connectivity index (χ2n) is 2.95. The maximum Gasteiger partial charge on any atom is 0.421 e. The Morgan fingerprint density at radius 3 is 2.33 bits per heavy atom. The van der Waals surface area contributed by atoms with Crippen molar-refractivity contribution in [3.05, 3.63) is 33.0 Å². The van der Waals surface area contributed by atoms with Crippen LogP contribution < -0.4 is 0 Å². The van der Waals surface area contributed by atoms with Crippen LogP contribution in [0.1, 0.15) is 23.1 Å². The van der Waals surface area contributed by atoms with Gasteiger partial charge in [-0.3, -0.25) is 0 Å². The molecule has 1 rings (SSSR count). The molecule has 0 unspecified atom stereocenters. The van der Waals surface area contributed by atoms with Crippen molar-refractivity contribution in [1.29, 1.82) is 5.26 Å². The third kappa shape index (κ3) is 2.34. The molecule has 0 fully saturated rings. The Labute approximate surface area is 95.6 Å². The van der Waals surface area contributed by atoms with Gasteiger partial charge in [-0.25, -0.2) is 8.78 Å². The Kier molecular flexibility index (Phi) is 3.45. The average Bonchev–Trinajstić information content (AvgIpc) is 2.25. The summed E-state index contributed by atoms with van der Waals surface area (Å²) in [5.41, 5.74) is -4.84. The maximum atomic E-state index is 12.5. The largest absolute Gasteiger partial charge is 0.421 e. The maximum absolute atomic E-state index is 12.5. The molecule has 0 bridgehead atoms. The van der Waals surface area contributed by atoms with Crippen LogP contribution in [-0.4, -0.2) is 9.91 Å². The minimum Gasteiger partial charge on any atom is -0.358 e. The Hall–Kier alpha value is -2.31. The molecule has 96 valence electrons. The third-order valence-electron chi connectivity index (χ3n) is 1.90. The van der Waals surface area contributed by atoms with Crippen molar-refractivity contribution in [3.63, 3.8) is 0 Å². The van der Waals surface area contributed by atoms with Gasteiger partial charge in [-0.15, -0.1) is 0 Å². The van der Waals surface area contributed by atoms with Crippen LogP contribution in [0.4, 0.5) is 27.8 Å². The highest BCUT2D eigenvalue weighted by molar-refractivity contribution is 5.52. The van der Waals surface area contributed by atoms with Gasteiger partial charge in [0.1, 0.15) is 17.2 Å². The zero-order valence-corrected chi connectivity index (χ0v) is 8.20. The molecule has 1 heterocycles. The van der Waals surface area contributed by atoms with Gasteiger partial charge >= 0.3 is 12.0 Å². The molecule has 10 heteroatoms. The third-order valence-corrected chi connectivity index (χ3v) is 1.90. The molecule has 0 aliphatic rings. The zero-order valence-electron chi connectivity index (χ0n) is 8.20. The number of aromatic nitrogens is 1. The average molecular weight is 267 g/mol. The van der Waals surface area contributed by atoms with Gasteiger partial charge in [-0.1, -0.05) is 0 Å². The highest BCUT2D eigenvalue weighted by Crippen LogP contribution is 2.38. The summed E-state index contributed by atoms with van der Waals surface area (Å²) in [4.78, 5) is 11.7. The van der Waals surface area contributed by atoms with Crippen LogP contribution in [0.25, 0.3) is 0 Å². The fraction of sp³-hybridized carbons (Fsp3) is 0.250.